The van der Waals surface area contributed by atoms with Gasteiger partial charge in [0.15, 0.2) is 0 Å². The van der Waals surface area contributed by atoms with Crippen LogP contribution in [0.4, 0.5) is 0 Å². The first-order valence-corrected chi connectivity index (χ1v) is 10.8. The van der Waals surface area contributed by atoms with E-state index in [0.717, 1.165) is 11.8 Å². The molecule has 142 valence electrons. The minimum absolute atomic E-state index is 0.416. The molecule has 0 spiro atoms. The minimum Gasteiger partial charge on any atom is -0.0996 e. The van der Waals surface area contributed by atoms with Gasteiger partial charge in [0.25, 0.3) is 0 Å². The SMILES string of the molecule is C=C1CCCCc2ccccc2-c2cccc(c2)C[C@@H]2C1CC(C)(C)[C@@H]2C. The number of hydrogen-bond acceptors (Lipinski definition) is 0. The van der Waals surface area contributed by atoms with Crippen molar-refractivity contribution in [2.75, 3.05) is 0 Å². The fraction of sp³-hybridized carbons (Fsp3) is 0.481. The van der Waals surface area contributed by atoms with E-state index in [9.17, 15) is 0 Å². The highest BCUT2D eigenvalue weighted by atomic mass is 14.5. The molecule has 1 unspecified atom stereocenters. The predicted octanol–water partition coefficient (Wildman–Crippen LogP) is 7.48. The van der Waals surface area contributed by atoms with Crippen LogP contribution in [0.2, 0.25) is 0 Å². The topological polar surface area (TPSA) is 0 Å². The lowest BCUT2D eigenvalue weighted by atomic mass is 9.77. The molecule has 3 atom stereocenters. The number of allylic oxidation sites excluding steroid dienone is 1. The Morgan fingerprint density at radius 2 is 1.74 bits per heavy atom. The number of benzene rings is 2. The molecule has 2 aromatic rings. The largest absolute Gasteiger partial charge is 0.0996 e. The third kappa shape index (κ3) is 3.64. The van der Waals surface area contributed by atoms with E-state index in [4.69, 9.17) is 0 Å². The molecule has 0 radical (unpaired) electrons. The summed E-state index contributed by atoms with van der Waals surface area (Å²) in [5.74, 6) is 2.14. The minimum atomic E-state index is 0.416. The molecule has 0 amide bonds. The second-order valence-electron chi connectivity index (χ2n) is 9.68. The van der Waals surface area contributed by atoms with Crippen molar-refractivity contribution in [1.29, 1.82) is 0 Å². The molecule has 0 aromatic heterocycles. The summed E-state index contributed by atoms with van der Waals surface area (Å²) in [5.41, 5.74) is 7.74. The van der Waals surface area contributed by atoms with Gasteiger partial charge in [-0.25, -0.2) is 0 Å². The highest BCUT2D eigenvalue weighted by molar-refractivity contribution is 5.68. The van der Waals surface area contributed by atoms with Gasteiger partial charge in [-0.2, -0.15) is 0 Å². The normalized spacial score (nSPS) is 27.7. The molecule has 0 heterocycles. The Labute approximate surface area is 165 Å². The molecule has 2 aromatic carbocycles. The second kappa shape index (κ2) is 7.30. The number of rotatable bonds is 0. The predicted molar refractivity (Wildman–Crippen MR) is 117 cm³/mol. The summed E-state index contributed by atoms with van der Waals surface area (Å²) in [6.45, 7) is 12.0. The first-order valence-electron chi connectivity index (χ1n) is 10.8. The van der Waals surface area contributed by atoms with E-state index >= 15 is 0 Å². The third-order valence-corrected chi connectivity index (χ3v) is 7.58. The third-order valence-electron chi connectivity index (χ3n) is 7.58. The smallest absolute Gasteiger partial charge is 0.0152 e. The van der Waals surface area contributed by atoms with Crippen LogP contribution < -0.4 is 0 Å². The van der Waals surface area contributed by atoms with Crippen molar-refractivity contribution in [2.45, 2.75) is 59.3 Å². The lowest BCUT2D eigenvalue weighted by Gasteiger charge is -2.28. The first-order chi connectivity index (χ1) is 13.0. The summed E-state index contributed by atoms with van der Waals surface area (Å²) in [4.78, 5) is 0. The van der Waals surface area contributed by atoms with Crippen LogP contribution in [0.25, 0.3) is 11.1 Å². The first kappa shape index (κ1) is 18.5. The summed E-state index contributed by atoms with van der Waals surface area (Å²) >= 11 is 0. The molecule has 1 saturated carbocycles. The van der Waals surface area contributed by atoms with Crippen LogP contribution in [0.5, 0.6) is 0 Å². The Hall–Kier alpha value is -1.82. The van der Waals surface area contributed by atoms with Gasteiger partial charge in [-0.05, 0) is 83.9 Å². The van der Waals surface area contributed by atoms with Crippen molar-refractivity contribution in [3.05, 3.63) is 71.8 Å². The molecular formula is C27H34. The van der Waals surface area contributed by atoms with Crippen molar-refractivity contribution < 1.29 is 0 Å². The summed E-state index contributed by atoms with van der Waals surface area (Å²) in [5, 5.41) is 0. The van der Waals surface area contributed by atoms with Crippen LogP contribution in [0.15, 0.2) is 60.7 Å². The summed E-state index contributed by atoms with van der Waals surface area (Å²) < 4.78 is 0. The van der Waals surface area contributed by atoms with Gasteiger partial charge >= 0.3 is 0 Å². The van der Waals surface area contributed by atoms with Gasteiger partial charge in [0, 0.05) is 0 Å². The Bertz CT molecular complexity index is 825. The van der Waals surface area contributed by atoms with Crippen LogP contribution in [-0.4, -0.2) is 0 Å². The van der Waals surface area contributed by atoms with Crippen molar-refractivity contribution in [2.24, 2.45) is 23.2 Å². The van der Waals surface area contributed by atoms with Crippen LogP contribution in [0.3, 0.4) is 0 Å². The molecule has 0 N–H and O–H groups in total. The van der Waals surface area contributed by atoms with Crippen molar-refractivity contribution in [3.8, 4) is 11.1 Å². The van der Waals surface area contributed by atoms with Crippen LogP contribution in [0.1, 0.15) is 57.6 Å². The van der Waals surface area contributed by atoms with E-state index < -0.39 is 0 Å². The zero-order valence-electron chi connectivity index (χ0n) is 17.3. The monoisotopic (exact) mass is 358 g/mol. The van der Waals surface area contributed by atoms with E-state index in [-0.39, 0.29) is 0 Å². The lowest BCUT2D eigenvalue weighted by molar-refractivity contribution is 0.236. The Morgan fingerprint density at radius 1 is 0.963 bits per heavy atom. The van der Waals surface area contributed by atoms with Crippen molar-refractivity contribution in [1.82, 2.24) is 0 Å². The number of fused-ring (bicyclic) bond motifs is 5. The maximum absolute atomic E-state index is 4.58. The zero-order chi connectivity index (χ0) is 19.0. The van der Waals surface area contributed by atoms with Gasteiger partial charge in [-0.15, -0.1) is 0 Å². The second-order valence-corrected chi connectivity index (χ2v) is 9.68. The van der Waals surface area contributed by atoms with Gasteiger partial charge in [0.05, 0.1) is 0 Å². The van der Waals surface area contributed by atoms with E-state index in [1.165, 1.54) is 66.4 Å². The summed E-state index contributed by atoms with van der Waals surface area (Å²) in [6, 6.07) is 18.3. The molecule has 2 aliphatic carbocycles. The molecule has 0 nitrogen and oxygen atoms in total. The van der Waals surface area contributed by atoms with Gasteiger partial charge in [0.1, 0.15) is 0 Å². The van der Waals surface area contributed by atoms with E-state index in [1.54, 1.807) is 0 Å². The molecule has 0 saturated heterocycles. The highest BCUT2D eigenvalue weighted by Gasteiger charge is 2.45. The van der Waals surface area contributed by atoms with Gasteiger partial charge < -0.3 is 0 Å². The van der Waals surface area contributed by atoms with Gasteiger partial charge in [0.2, 0.25) is 0 Å². The average molecular weight is 359 g/mol. The molecular weight excluding hydrogens is 324 g/mol. The average Bonchev–Trinajstić information content (AvgIpc) is 2.89. The van der Waals surface area contributed by atoms with Crippen LogP contribution in [-0.2, 0) is 12.8 Å². The molecule has 0 aliphatic heterocycles. The fourth-order valence-corrected chi connectivity index (χ4v) is 5.61. The molecule has 2 bridgehead atoms. The van der Waals surface area contributed by atoms with Gasteiger partial charge in [-0.1, -0.05) is 81.5 Å². The van der Waals surface area contributed by atoms with Crippen molar-refractivity contribution >= 4 is 0 Å². The lowest BCUT2D eigenvalue weighted by Crippen LogP contribution is -2.21. The zero-order valence-corrected chi connectivity index (χ0v) is 17.3. The van der Waals surface area contributed by atoms with Crippen molar-refractivity contribution in [3.63, 3.8) is 0 Å². The molecule has 4 rings (SSSR count). The molecule has 0 heteroatoms. The maximum Gasteiger partial charge on any atom is -0.0152 e. The quantitative estimate of drug-likeness (QED) is 0.428. The molecule has 27 heavy (non-hydrogen) atoms. The van der Waals surface area contributed by atoms with Gasteiger partial charge in [-0.3, -0.25) is 0 Å². The Balaban J connectivity index is 1.75. The highest BCUT2D eigenvalue weighted by Crippen LogP contribution is 2.53. The molecule has 2 aliphatic rings. The fourth-order valence-electron chi connectivity index (χ4n) is 5.61. The van der Waals surface area contributed by atoms with E-state index in [1.807, 2.05) is 0 Å². The van der Waals surface area contributed by atoms with E-state index in [2.05, 4.69) is 75.9 Å². The standard InChI is InChI=1S/C27H34/c1-19-10-5-6-12-22-13-7-8-15-24(22)23-14-9-11-21(16-23)17-25-20(2)27(3,4)18-26(19)25/h7-9,11,13-16,20,25-26H,1,5-6,10,12,17-18H2,2-4H3/t20-,25+,26?/m1/s1. The number of hydrogen-bond donors (Lipinski definition) is 0. The van der Waals surface area contributed by atoms with Crippen LogP contribution >= 0.6 is 0 Å². The molecule has 1 fully saturated rings. The van der Waals surface area contributed by atoms with Crippen LogP contribution in [0, 0.1) is 23.2 Å². The maximum atomic E-state index is 4.58. The number of aryl methyl sites for hydroxylation is 1. The Morgan fingerprint density at radius 3 is 2.59 bits per heavy atom. The summed E-state index contributed by atoms with van der Waals surface area (Å²) in [7, 11) is 0. The van der Waals surface area contributed by atoms with E-state index in [0.29, 0.717) is 11.3 Å². The summed E-state index contributed by atoms with van der Waals surface area (Å²) in [6.07, 6.45) is 7.38. The Kier molecular flexibility index (Phi) is 5.01.